The van der Waals surface area contributed by atoms with Crippen LogP contribution in [0.3, 0.4) is 0 Å². The summed E-state index contributed by atoms with van der Waals surface area (Å²) in [5, 5.41) is 12.3. The van der Waals surface area contributed by atoms with Gasteiger partial charge in [0.15, 0.2) is 11.6 Å². The molecule has 0 fully saturated rings. The molecule has 2 heterocycles. The number of rotatable bonds is 7. The maximum absolute atomic E-state index is 14.3. The molecule has 0 spiro atoms. The lowest BCUT2D eigenvalue weighted by Gasteiger charge is -2.12. The number of nitrogens with zero attached hydrogens (tertiary/aromatic N) is 3. The number of hydrogen-bond donors (Lipinski definition) is 1. The Morgan fingerprint density at radius 1 is 1.17 bits per heavy atom. The minimum Gasteiger partial charge on any atom is -0.494 e. The average Bonchev–Trinajstić information content (AvgIpc) is 2.87. The number of fused-ring (bicyclic) bond motifs is 1. The molecule has 2 aromatic heterocycles. The maximum Gasteiger partial charge on any atom is 0.269 e. The first-order valence-corrected chi connectivity index (χ1v) is 11.0. The van der Waals surface area contributed by atoms with E-state index in [0.29, 0.717) is 29.3 Å². The van der Waals surface area contributed by atoms with Crippen LogP contribution in [0.4, 0.5) is 10.1 Å². The SMILES string of the molecule is CCOc1ccc(NC(=O)C(C#N)=Cc2c(Oc3ccccc3F)nc3c(C)cccn3c2=O)cc1. The number of aromatic nitrogens is 2. The van der Waals surface area contributed by atoms with E-state index >= 15 is 0 Å². The Morgan fingerprint density at radius 3 is 2.61 bits per heavy atom. The lowest BCUT2D eigenvalue weighted by Crippen LogP contribution is -2.20. The van der Waals surface area contributed by atoms with Crippen molar-refractivity contribution in [2.24, 2.45) is 0 Å². The molecule has 0 atom stereocenters. The van der Waals surface area contributed by atoms with Gasteiger partial charge in [-0.1, -0.05) is 18.2 Å². The van der Waals surface area contributed by atoms with E-state index in [0.717, 1.165) is 6.08 Å². The third kappa shape index (κ3) is 5.08. The zero-order valence-corrected chi connectivity index (χ0v) is 19.5. The maximum atomic E-state index is 14.3. The Labute approximate surface area is 205 Å². The molecule has 0 bridgehead atoms. The van der Waals surface area contributed by atoms with Gasteiger partial charge in [0.1, 0.15) is 28.6 Å². The summed E-state index contributed by atoms with van der Waals surface area (Å²) in [6.07, 6.45) is 2.60. The second-order valence-corrected chi connectivity index (χ2v) is 7.63. The van der Waals surface area contributed by atoms with Crippen LogP contribution in [-0.2, 0) is 4.79 Å². The van der Waals surface area contributed by atoms with E-state index in [2.05, 4.69) is 10.3 Å². The normalized spacial score (nSPS) is 11.1. The number of benzene rings is 2. The van der Waals surface area contributed by atoms with Gasteiger partial charge < -0.3 is 14.8 Å². The van der Waals surface area contributed by atoms with Gasteiger partial charge in [0, 0.05) is 11.9 Å². The Balaban J connectivity index is 1.78. The number of amides is 1. The minimum atomic E-state index is -0.743. The minimum absolute atomic E-state index is 0.158. The van der Waals surface area contributed by atoms with E-state index < -0.39 is 17.3 Å². The smallest absolute Gasteiger partial charge is 0.269 e. The Kier molecular flexibility index (Phi) is 7.07. The van der Waals surface area contributed by atoms with E-state index in [1.54, 1.807) is 49.4 Å². The summed E-state index contributed by atoms with van der Waals surface area (Å²) in [5.41, 5.74) is 0.266. The molecule has 8 nitrogen and oxygen atoms in total. The fraction of sp³-hybridized carbons (Fsp3) is 0.111. The van der Waals surface area contributed by atoms with E-state index in [1.165, 1.54) is 28.8 Å². The average molecular weight is 484 g/mol. The number of ether oxygens (including phenoxy) is 2. The van der Waals surface area contributed by atoms with Crippen LogP contribution in [0.15, 0.2) is 77.2 Å². The van der Waals surface area contributed by atoms with Gasteiger partial charge in [0.25, 0.3) is 11.5 Å². The highest BCUT2D eigenvalue weighted by molar-refractivity contribution is 6.09. The molecule has 0 saturated carbocycles. The standard InChI is InChI=1S/C27H21FN4O4/c1-3-35-20-12-10-19(11-13-20)30-25(33)18(16-29)15-21-26(36-23-9-5-4-8-22(23)28)31-24-17(2)7-6-14-32(24)27(21)34/h4-15H,3H2,1-2H3,(H,30,33). The number of nitriles is 1. The highest BCUT2D eigenvalue weighted by atomic mass is 19.1. The van der Waals surface area contributed by atoms with Crippen molar-refractivity contribution in [3.8, 4) is 23.4 Å². The van der Waals surface area contributed by atoms with Crippen molar-refractivity contribution < 1.29 is 18.7 Å². The van der Waals surface area contributed by atoms with Crippen LogP contribution in [0.5, 0.6) is 17.4 Å². The van der Waals surface area contributed by atoms with Gasteiger partial charge in [-0.15, -0.1) is 0 Å². The third-order valence-electron chi connectivity index (χ3n) is 5.17. The molecule has 0 radical (unpaired) electrons. The second-order valence-electron chi connectivity index (χ2n) is 7.63. The fourth-order valence-electron chi connectivity index (χ4n) is 3.42. The molecule has 0 aliphatic rings. The van der Waals surface area contributed by atoms with Crippen molar-refractivity contribution in [2.75, 3.05) is 11.9 Å². The molecular weight excluding hydrogens is 463 g/mol. The first-order valence-electron chi connectivity index (χ1n) is 11.0. The van der Waals surface area contributed by atoms with Crippen molar-refractivity contribution in [2.45, 2.75) is 13.8 Å². The monoisotopic (exact) mass is 484 g/mol. The highest BCUT2D eigenvalue weighted by Gasteiger charge is 2.19. The molecule has 180 valence electrons. The molecule has 36 heavy (non-hydrogen) atoms. The second kappa shape index (κ2) is 10.5. The number of carbonyl (C=O) groups is 1. The van der Waals surface area contributed by atoms with Crippen LogP contribution >= 0.6 is 0 Å². The Hall–Kier alpha value is -4.97. The van der Waals surface area contributed by atoms with Gasteiger partial charge in [-0.3, -0.25) is 14.0 Å². The van der Waals surface area contributed by atoms with Crippen LogP contribution < -0.4 is 20.3 Å². The van der Waals surface area contributed by atoms with Crippen molar-refractivity contribution in [3.05, 3.63) is 99.7 Å². The van der Waals surface area contributed by atoms with E-state index in [-0.39, 0.29) is 22.8 Å². The largest absolute Gasteiger partial charge is 0.494 e. The molecule has 1 N–H and O–H groups in total. The number of anilines is 1. The topological polar surface area (TPSA) is 106 Å². The summed E-state index contributed by atoms with van der Waals surface area (Å²) in [6.45, 7) is 4.11. The summed E-state index contributed by atoms with van der Waals surface area (Å²) in [7, 11) is 0. The van der Waals surface area contributed by atoms with Crippen molar-refractivity contribution in [1.29, 1.82) is 5.26 Å². The van der Waals surface area contributed by atoms with E-state index in [1.807, 2.05) is 13.0 Å². The molecule has 4 aromatic rings. The van der Waals surface area contributed by atoms with Crippen LogP contribution in [-0.4, -0.2) is 21.9 Å². The predicted octanol–water partition coefficient (Wildman–Crippen LogP) is 4.88. The van der Waals surface area contributed by atoms with Gasteiger partial charge >= 0.3 is 0 Å². The van der Waals surface area contributed by atoms with E-state index in [4.69, 9.17) is 9.47 Å². The number of pyridine rings is 1. The molecule has 1 amide bonds. The van der Waals surface area contributed by atoms with Gasteiger partial charge in [0.05, 0.1) is 6.61 Å². The highest BCUT2D eigenvalue weighted by Crippen LogP contribution is 2.27. The summed E-state index contributed by atoms with van der Waals surface area (Å²) < 4.78 is 26.6. The lowest BCUT2D eigenvalue weighted by molar-refractivity contribution is -0.112. The Morgan fingerprint density at radius 2 is 1.92 bits per heavy atom. The predicted molar refractivity (Wildman–Crippen MR) is 133 cm³/mol. The van der Waals surface area contributed by atoms with Gasteiger partial charge in [-0.05, 0) is 68.0 Å². The van der Waals surface area contributed by atoms with Crippen LogP contribution in [0.25, 0.3) is 11.7 Å². The third-order valence-corrected chi connectivity index (χ3v) is 5.17. The number of nitrogens with one attached hydrogen (secondary N) is 1. The first kappa shape index (κ1) is 24.2. The van der Waals surface area contributed by atoms with E-state index in [9.17, 15) is 19.2 Å². The summed E-state index contributed by atoms with van der Waals surface area (Å²) in [6, 6.07) is 17.5. The van der Waals surface area contributed by atoms with Crippen molar-refractivity contribution in [3.63, 3.8) is 0 Å². The molecule has 0 saturated heterocycles. The summed E-state index contributed by atoms with van der Waals surface area (Å²) in [4.78, 5) is 30.6. The fourth-order valence-corrected chi connectivity index (χ4v) is 3.42. The number of halogens is 1. The molecule has 0 unspecified atom stereocenters. The zero-order valence-electron chi connectivity index (χ0n) is 19.5. The molecule has 9 heteroatoms. The molecule has 0 aliphatic carbocycles. The molecular formula is C27H21FN4O4. The van der Waals surface area contributed by atoms with Crippen LogP contribution in [0.2, 0.25) is 0 Å². The van der Waals surface area contributed by atoms with Gasteiger partial charge in [0.2, 0.25) is 5.88 Å². The van der Waals surface area contributed by atoms with Crippen molar-refractivity contribution >= 4 is 23.3 Å². The zero-order chi connectivity index (χ0) is 25.7. The number of carbonyl (C=O) groups excluding carboxylic acids is 1. The van der Waals surface area contributed by atoms with Crippen LogP contribution in [0.1, 0.15) is 18.1 Å². The molecule has 4 rings (SSSR count). The number of para-hydroxylation sites is 1. The Bertz CT molecular complexity index is 1570. The van der Waals surface area contributed by atoms with Crippen LogP contribution in [0, 0.1) is 24.1 Å². The lowest BCUT2D eigenvalue weighted by atomic mass is 10.1. The first-order chi connectivity index (χ1) is 17.4. The quantitative estimate of drug-likeness (QED) is 0.296. The van der Waals surface area contributed by atoms with Gasteiger partial charge in [-0.25, -0.2) is 4.39 Å². The molecule has 2 aromatic carbocycles. The number of hydrogen-bond acceptors (Lipinski definition) is 6. The number of aryl methyl sites for hydroxylation is 1. The summed E-state index contributed by atoms with van der Waals surface area (Å²) >= 11 is 0. The summed E-state index contributed by atoms with van der Waals surface area (Å²) in [5.74, 6) is -1.16. The van der Waals surface area contributed by atoms with Gasteiger partial charge in [-0.2, -0.15) is 10.2 Å². The molecule has 0 aliphatic heterocycles. The van der Waals surface area contributed by atoms with Crippen molar-refractivity contribution in [1.82, 2.24) is 9.38 Å².